The summed E-state index contributed by atoms with van der Waals surface area (Å²) in [6.07, 6.45) is -9.25. The van der Waals surface area contributed by atoms with Crippen LogP contribution in [0.3, 0.4) is 0 Å². The van der Waals surface area contributed by atoms with Crippen molar-refractivity contribution in [3.8, 4) is 0 Å². The van der Waals surface area contributed by atoms with Crippen LogP contribution in [0.5, 0.6) is 0 Å². The number of aliphatic hydroxyl groups is 7. The second kappa shape index (κ2) is 17.3. The van der Waals surface area contributed by atoms with Gasteiger partial charge in [0.15, 0.2) is 24.7 Å². The van der Waals surface area contributed by atoms with E-state index in [-0.39, 0.29) is 29.6 Å². The Kier molecular flexibility index (Phi) is 12.9. The van der Waals surface area contributed by atoms with Crippen LogP contribution in [-0.4, -0.2) is 166 Å². The van der Waals surface area contributed by atoms with Crippen molar-refractivity contribution >= 4 is 0 Å². The minimum atomic E-state index is -1.68. The van der Waals surface area contributed by atoms with E-state index in [9.17, 15) is 35.7 Å². The van der Waals surface area contributed by atoms with Gasteiger partial charge in [-0.3, -0.25) is 0 Å². The van der Waals surface area contributed by atoms with E-state index in [1.165, 1.54) is 39.4 Å². The fourth-order valence-corrected chi connectivity index (χ4v) is 14.1. The third-order valence-electron chi connectivity index (χ3n) is 17.8. The van der Waals surface area contributed by atoms with E-state index < -0.39 is 97.9 Å². The molecule has 16 nitrogen and oxygen atoms in total. The molecule has 1 spiro atoms. The molecule has 0 amide bonds. The summed E-state index contributed by atoms with van der Waals surface area (Å²) < 4.78 is 56.3. The van der Waals surface area contributed by atoms with Gasteiger partial charge < -0.3 is 78.4 Å². The fraction of sp³-hybridized carbons (Fsp3) is 0.957. The molecule has 9 aliphatic rings. The number of hydrogen-bond acceptors (Lipinski definition) is 16. The summed E-state index contributed by atoms with van der Waals surface area (Å²) in [5, 5.41) is 75.8. The van der Waals surface area contributed by atoms with E-state index in [1.54, 1.807) is 0 Å². The van der Waals surface area contributed by atoms with Crippen LogP contribution in [-0.2, 0) is 42.6 Å². The third-order valence-corrected chi connectivity index (χ3v) is 17.8. The Hall–Kier alpha value is -0.900. The van der Waals surface area contributed by atoms with Gasteiger partial charge in [0.05, 0.1) is 37.6 Å². The summed E-state index contributed by atoms with van der Waals surface area (Å²) in [4.78, 5) is 0. The Bertz CT molecular complexity index is 1610. The lowest BCUT2D eigenvalue weighted by Gasteiger charge is -2.59. The van der Waals surface area contributed by atoms with Crippen LogP contribution in [0.1, 0.15) is 99.3 Å². The number of rotatable bonds is 8. The summed E-state index contributed by atoms with van der Waals surface area (Å²) in [6, 6.07) is 0. The quantitative estimate of drug-likeness (QED) is 0.173. The van der Waals surface area contributed by atoms with Gasteiger partial charge in [0, 0.05) is 19.4 Å². The highest BCUT2D eigenvalue weighted by Gasteiger charge is 2.69. The maximum atomic E-state index is 12.1. The highest BCUT2D eigenvalue weighted by atomic mass is 16.8. The summed E-state index contributed by atoms with van der Waals surface area (Å²) in [7, 11) is 1.46. The van der Waals surface area contributed by atoms with Gasteiger partial charge in [-0.25, -0.2) is 0 Å². The topological polar surface area (TPSA) is 225 Å². The molecular weight excluding hydrogens is 808 g/mol. The van der Waals surface area contributed by atoms with Gasteiger partial charge in [-0.05, 0) is 106 Å². The molecule has 5 aliphatic heterocycles. The maximum absolute atomic E-state index is 12.1. The first-order chi connectivity index (χ1) is 29.4. The van der Waals surface area contributed by atoms with Crippen molar-refractivity contribution in [2.24, 2.45) is 46.3 Å². The van der Waals surface area contributed by atoms with Gasteiger partial charge in [-0.15, -0.1) is 0 Å². The van der Waals surface area contributed by atoms with Crippen molar-refractivity contribution in [3.05, 3.63) is 11.6 Å². The molecule has 354 valence electrons. The first-order valence-electron chi connectivity index (χ1n) is 23.6. The van der Waals surface area contributed by atoms with Crippen LogP contribution >= 0.6 is 0 Å². The number of ether oxygens (including phenoxy) is 9. The van der Waals surface area contributed by atoms with E-state index in [0.29, 0.717) is 41.9 Å². The van der Waals surface area contributed by atoms with Crippen LogP contribution in [0.2, 0.25) is 0 Å². The number of allylic oxidation sites excluding steroid dienone is 1. The van der Waals surface area contributed by atoms with Crippen molar-refractivity contribution in [1.82, 2.24) is 0 Å². The molecular formula is C46H74O16. The molecule has 5 saturated heterocycles. The molecule has 0 radical (unpaired) electrons. The van der Waals surface area contributed by atoms with E-state index >= 15 is 0 Å². The normalized spacial score (nSPS) is 57.6. The number of aliphatic hydroxyl groups excluding tert-OH is 7. The van der Waals surface area contributed by atoms with Crippen molar-refractivity contribution in [2.75, 3.05) is 20.3 Å². The summed E-state index contributed by atoms with van der Waals surface area (Å²) >= 11 is 0. The van der Waals surface area contributed by atoms with Gasteiger partial charge in [0.1, 0.15) is 61.0 Å². The zero-order valence-electron chi connectivity index (χ0n) is 37.4. The van der Waals surface area contributed by atoms with Crippen molar-refractivity contribution in [2.45, 2.75) is 209 Å². The number of methoxy groups -OCH3 is 1. The first-order valence-corrected chi connectivity index (χ1v) is 23.6. The Balaban J connectivity index is 0.924. The molecule has 16 heteroatoms. The Morgan fingerprint density at radius 2 is 1.35 bits per heavy atom. The highest BCUT2D eigenvalue weighted by Crippen LogP contribution is 2.70. The minimum Gasteiger partial charge on any atom is -0.388 e. The monoisotopic (exact) mass is 882 g/mol. The van der Waals surface area contributed by atoms with Gasteiger partial charge in [0.25, 0.3) is 0 Å². The molecule has 4 aliphatic carbocycles. The van der Waals surface area contributed by atoms with Gasteiger partial charge in [-0.1, -0.05) is 39.3 Å². The molecule has 7 N–H and O–H groups in total. The Labute approximate surface area is 365 Å². The smallest absolute Gasteiger partial charge is 0.187 e. The predicted molar refractivity (Wildman–Crippen MR) is 218 cm³/mol. The van der Waals surface area contributed by atoms with E-state index in [1.807, 2.05) is 0 Å². The molecule has 9 rings (SSSR count). The molecule has 0 bridgehead atoms. The van der Waals surface area contributed by atoms with Gasteiger partial charge in [0.2, 0.25) is 0 Å². The van der Waals surface area contributed by atoms with E-state index in [4.69, 9.17) is 42.6 Å². The molecule has 26 atom stereocenters. The second-order valence-electron chi connectivity index (χ2n) is 21.3. The molecule has 0 aromatic heterocycles. The highest BCUT2D eigenvalue weighted by molar-refractivity contribution is 5.26. The summed E-state index contributed by atoms with van der Waals surface area (Å²) in [5.74, 6) is 2.71. The van der Waals surface area contributed by atoms with Crippen LogP contribution in [0.25, 0.3) is 0 Å². The lowest BCUT2D eigenvalue weighted by atomic mass is 9.47. The van der Waals surface area contributed by atoms with Crippen LogP contribution in [0.15, 0.2) is 11.6 Å². The fourth-order valence-electron chi connectivity index (χ4n) is 14.1. The second-order valence-corrected chi connectivity index (χ2v) is 21.3. The van der Waals surface area contributed by atoms with Gasteiger partial charge >= 0.3 is 0 Å². The molecule has 3 unspecified atom stereocenters. The van der Waals surface area contributed by atoms with E-state index in [2.05, 4.69) is 33.8 Å². The molecule has 62 heavy (non-hydrogen) atoms. The lowest BCUT2D eigenvalue weighted by molar-refractivity contribution is -0.389. The summed E-state index contributed by atoms with van der Waals surface area (Å²) in [5.41, 5.74) is 1.59. The van der Waals surface area contributed by atoms with Crippen LogP contribution < -0.4 is 0 Å². The Morgan fingerprint density at radius 3 is 1.98 bits per heavy atom. The standard InChI is InChI=1S/C46H74O16/c1-20-10-15-46(55-18-20)21(2)31-29(62-46)17-28-26-9-8-24-16-25(11-13-44(24,5)27(26)12-14-45(28,31)6)58-43-40(61-42-37(52)35(50)33(48)23(4)57-42)38(53)39(30(59-43)19-54-7)60-41-36(51)34(49)32(47)22(3)56-41/h8,20-23,25-43,47-53H,9-19H2,1-7H3/t20-,21+,22-,23-,25+,26-,27+,28+,29+,30-,31+,32-,33-,34+,35+,36+,37+,38+,39-,40-,41?,42?,43?,44+,45+,46-/m1/s1. The van der Waals surface area contributed by atoms with Crippen molar-refractivity contribution in [1.29, 1.82) is 0 Å². The lowest BCUT2D eigenvalue weighted by Crippen LogP contribution is -2.66. The van der Waals surface area contributed by atoms with Crippen molar-refractivity contribution in [3.63, 3.8) is 0 Å². The van der Waals surface area contributed by atoms with E-state index in [0.717, 1.165) is 45.1 Å². The average Bonchev–Trinajstić information content (AvgIpc) is 3.69. The summed E-state index contributed by atoms with van der Waals surface area (Å²) in [6.45, 7) is 13.4. The number of fused-ring (bicyclic) bond motifs is 7. The van der Waals surface area contributed by atoms with Crippen molar-refractivity contribution < 1.29 is 78.4 Å². The molecule has 0 aromatic rings. The average molecular weight is 883 g/mol. The van der Waals surface area contributed by atoms with Crippen LogP contribution in [0.4, 0.5) is 0 Å². The molecule has 0 aromatic carbocycles. The number of hydrogen-bond donors (Lipinski definition) is 7. The third kappa shape index (κ3) is 7.59. The molecule has 3 saturated carbocycles. The Morgan fingerprint density at radius 1 is 0.694 bits per heavy atom. The zero-order valence-corrected chi connectivity index (χ0v) is 37.4. The largest absolute Gasteiger partial charge is 0.388 e. The zero-order chi connectivity index (χ0) is 44.2. The molecule has 5 heterocycles. The molecule has 8 fully saturated rings. The SMILES string of the molecule is COC[C@H]1OC(O[C@H]2CC[C@@]3(C)C(=CC[C@H]4[C@@H]5C[C@@H]6O[C@]7(CC[C@@H](C)CO7)[C@@H](C)[C@@H]6[C@@]5(C)CC[C@@H]43)C2)[C@H](OC2O[C@H](C)[C@@H](O)[C@H](O)[C@@H]2O)[C@@H](O)[C@@H]1OC1O[C@H](C)[C@@H](O)[C@H](O)[C@@H]1O. The maximum Gasteiger partial charge on any atom is 0.187 e. The van der Waals surface area contributed by atoms with Gasteiger partial charge in [-0.2, -0.15) is 0 Å². The first kappa shape index (κ1) is 46.2. The minimum absolute atomic E-state index is 0.00174. The van der Waals surface area contributed by atoms with Crippen LogP contribution in [0, 0.1) is 46.3 Å². The predicted octanol–water partition coefficient (Wildman–Crippen LogP) is 1.90.